The van der Waals surface area contributed by atoms with E-state index in [4.69, 9.17) is 21.6 Å². The lowest BCUT2D eigenvalue weighted by Crippen LogP contribution is -2.29. The predicted octanol–water partition coefficient (Wildman–Crippen LogP) is 0.782. The molecule has 0 aromatic heterocycles. The molecule has 0 amide bonds. The Morgan fingerprint density at radius 3 is 2.36 bits per heavy atom. The van der Waals surface area contributed by atoms with E-state index in [0.717, 1.165) is 4.47 Å². The van der Waals surface area contributed by atoms with Gasteiger partial charge in [0, 0.05) is 9.50 Å². The zero-order chi connectivity index (χ0) is 8.43. The van der Waals surface area contributed by atoms with Gasteiger partial charge in [0.05, 0.1) is 0 Å². The molecule has 2 N–H and O–H groups in total. The lowest BCUT2D eigenvalue weighted by atomic mass is 9.80. The van der Waals surface area contributed by atoms with Crippen LogP contribution in [0.4, 0.5) is 0 Å². The summed E-state index contributed by atoms with van der Waals surface area (Å²) in [4.78, 5) is 0. The molecule has 1 aromatic rings. The van der Waals surface area contributed by atoms with Crippen molar-refractivity contribution in [1.82, 2.24) is 0 Å². The van der Waals surface area contributed by atoms with Gasteiger partial charge in [0.25, 0.3) is 0 Å². The number of hydrogen-bond acceptors (Lipinski definition) is 2. The van der Waals surface area contributed by atoms with E-state index in [1.54, 1.807) is 12.1 Å². The van der Waals surface area contributed by atoms with Crippen LogP contribution in [0, 0.1) is 0 Å². The van der Waals surface area contributed by atoms with Crippen LogP contribution in [0.1, 0.15) is 0 Å². The molecule has 0 saturated carbocycles. The molecule has 0 bridgehead atoms. The van der Waals surface area contributed by atoms with Crippen LogP contribution < -0.4 is 5.46 Å². The van der Waals surface area contributed by atoms with Gasteiger partial charge < -0.3 is 10.0 Å². The molecule has 0 aliphatic rings. The highest BCUT2D eigenvalue weighted by molar-refractivity contribution is 9.10. The van der Waals surface area contributed by atoms with Crippen LogP contribution >= 0.6 is 27.5 Å². The van der Waals surface area contributed by atoms with Crippen molar-refractivity contribution in [2.75, 3.05) is 0 Å². The van der Waals surface area contributed by atoms with Crippen molar-refractivity contribution in [1.29, 1.82) is 0 Å². The lowest BCUT2D eigenvalue weighted by Gasteiger charge is -2.00. The Hall–Kier alpha value is -0.0251. The molecule has 0 aliphatic carbocycles. The van der Waals surface area contributed by atoms with Gasteiger partial charge in [0.1, 0.15) is 0 Å². The Kier molecular flexibility index (Phi) is 2.95. The third-order valence-corrected chi connectivity index (χ3v) is 1.86. The Bertz CT molecular complexity index is 247. The van der Waals surface area contributed by atoms with E-state index in [-0.39, 0.29) is 0 Å². The fraction of sp³-hybridized carbons (Fsp3) is 0. The van der Waals surface area contributed by atoms with Gasteiger partial charge in [0.2, 0.25) is 0 Å². The maximum Gasteiger partial charge on any atom is 0.488 e. The van der Waals surface area contributed by atoms with Crippen molar-refractivity contribution in [3.05, 3.63) is 27.7 Å². The monoisotopic (exact) mass is 234 g/mol. The minimum atomic E-state index is -1.47. The smallest absolute Gasteiger partial charge is 0.423 e. The first-order valence-electron chi connectivity index (χ1n) is 2.92. The fourth-order valence-electron chi connectivity index (χ4n) is 0.724. The van der Waals surface area contributed by atoms with Crippen molar-refractivity contribution in [3.8, 4) is 0 Å². The van der Waals surface area contributed by atoms with E-state index < -0.39 is 7.12 Å². The highest BCUT2D eigenvalue weighted by atomic mass is 79.9. The molecule has 0 fully saturated rings. The van der Waals surface area contributed by atoms with Crippen molar-refractivity contribution in [3.63, 3.8) is 0 Å². The molecule has 0 radical (unpaired) electrons. The van der Waals surface area contributed by atoms with Crippen LogP contribution in [0.3, 0.4) is 0 Å². The van der Waals surface area contributed by atoms with Crippen LogP contribution in [-0.2, 0) is 0 Å². The molecular formula is C6H5BBrClO2. The average molecular weight is 235 g/mol. The third-order valence-electron chi connectivity index (χ3n) is 1.18. The van der Waals surface area contributed by atoms with Crippen LogP contribution in [-0.4, -0.2) is 17.2 Å². The second-order valence-electron chi connectivity index (χ2n) is 2.08. The number of halogens is 2. The average Bonchev–Trinajstić information content (AvgIpc) is 1.85. The molecule has 0 saturated heterocycles. The van der Waals surface area contributed by atoms with Crippen molar-refractivity contribution >= 4 is 40.1 Å². The Labute approximate surface area is 78.1 Å². The quantitative estimate of drug-likeness (QED) is 0.706. The summed E-state index contributed by atoms with van der Waals surface area (Å²) in [5, 5.41) is 18.0. The summed E-state index contributed by atoms with van der Waals surface area (Å²) < 4.78 is 0.730. The van der Waals surface area contributed by atoms with E-state index in [2.05, 4.69) is 15.9 Å². The van der Waals surface area contributed by atoms with E-state index in [1.807, 2.05) is 0 Å². The Morgan fingerprint density at radius 1 is 1.27 bits per heavy atom. The van der Waals surface area contributed by atoms with Gasteiger partial charge >= 0.3 is 7.12 Å². The summed E-state index contributed by atoms with van der Waals surface area (Å²) in [5.74, 6) is 0. The highest BCUT2D eigenvalue weighted by Gasteiger charge is 2.11. The van der Waals surface area contributed by atoms with Crippen molar-refractivity contribution < 1.29 is 10.0 Å². The van der Waals surface area contributed by atoms with Gasteiger partial charge in [-0.25, -0.2) is 0 Å². The summed E-state index contributed by atoms with van der Waals surface area (Å²) in [5.41, 5.74) is 0.379. The van der Waals surface area contributed by atoms with Gasteiger partial charge in [0.15, 0.2) is 0 Å². The number of hydrogen-bond donors (Lipinski definition) is 2. The van der Waals surface area contributed by atoms with Gasteiger partial charge in [-0.2, -0.15) is 0 Å². The molecule has 2 nitrogen and oxygen atoms in total. The van der Waals surface area contributed by atoms with Crippen molar-refractivity contribution in [2.24, 2.45) is 0 Å². The van der Waals surface area contributed by atoms with Crippen LogP contribution in [0.15, 0.2) is 22.7 Å². The van der Waals surface area contributed by atoms with Gasteiger partial charge in [-0.1, -0.05) is 27.5 Å². The summed E-state index contributed by atoms with van der Waals surface area (Å²) >= 11 is 8.82. The topological polar surface area (TPSA) is 40.5 Å². The molecule has 0 spiro atoms. The summed E-state index contributed by atoms with van der Waals surface area (Å²) in [6.07, 6.45) is 0. The Morgan fingerprint density at radius 2 is 1.91 bits per heavy atom. The van der Waals surface area contributed by atoms with E-state index in [0.29, 0.717) is 10.5 Å². The van der Waals surface area contributed by atoms with Crippen LogP contribution in [0.2, 0.25) is 5.02 Å². The normalized spacial score (nSPS) is 9.82. The first-order chi connectivity index (χ1) is 5.09. The zero-order valence-corrected chi connectivity index (χ0v) is 7.80. The lowest BCUT2D eigenvalue weighted by molar-refractivity contribution is 0.426. The molecule has 58 valence electrons. The fourth-order valence-corrected chi connectivity index (χ4v) is 1.61. The molecule has 11 heavy (non-hydrogen) atoms. The number of benzene rings is 1. The van der Waals surface area contributed by atoms with Gasteiger partial charge in [-0.15, -0.1) is 0 Å². The third kappa shape index (κ3) is 2.49. The van der Waals surface area contributed by atoms with E-state index in [1.165, 1.54) is 6.07 Å². The molecule has 0 aliphatic heterocycles. The summed E-state index contributed by atoms with van der Waals surface area (Å²) in [6, 6.07) is 4.76. The minimum absolute atomic E-state index is 0.379. The van der Waals surface area contributed by atoms with E-state index in [9.17, 15) is 0 Å². The predicted molar refractivity (Wildman–Crippen MR) is 49.0 cm³/mol. The minimum Gasteiger partial charge on any atom is -0.423 e. The van der Waals surface area contributed by atoms with Crippen molar-refractivity contribution in [2.45, 2.75) is 0 Å². The summed E-state index contributed by atoms with van der Waals surface area (Å²) in [7, 11) is -1.47. The SMILES string of the molecule is OB(O)c1cc(Cl)cc(Br)c1. The maximum atomic E-state index is 8.75. The standard InChI is InChI=1S/C6H5BBrClO2/c8-5-1-4(7(10)11)2-6(9)3-5/h1-3,10-11H. The molecule has 0 atom stereocenters. The molecule has 1 rings (SSSR count). The summed E-state index contributed by atoms with van der Waals surface area (Å²) in [6.45, 7) is 0. The molecular weight excluding hydrogens is 230 g/mol. The van der Waals surface area contributed by atoms with Gasteiger partial charge in [-0.05, 0) is 23.7 Å². The first-order valence-corrected chi connectivity index (χ1v) is 4.09. The van der Waals surface area contributed by atoms with Crippen LogP contribution in [0.5, 0.6) is 0 Å². The maximum absolute atomic E-state index is 8.75. The second kappa shape index (κ2) is 3.58. The largest absolute Gasteiger partial charge is 0.488 e. The zero-order valence-electron chi connectivity index (χ0n) is 5.46. The highest BCUT2D eigenvalue weighted by Crippen LogP contribution is 2.14. The molecule has 5 heteroatoms. The van der Waals surface area contributed by atoms with E-state index >= 15 is 0 Å². The molecule has 0 heterocycles. The Balaban J connectivity index is 3.08. The van der Waals surface area contributed by atoms with Crippen LogP contribution in [0.25, 0.3) is 0 Å². The second-order valence-corrected chi connectivity index (χ2v) is 3.43. The first kappa shape index (κ1) is 9.07. The van der Waals surface area contributed by atoms with Gasteiger partial charge in [-0.3, -0.25) is 0 Å². The number of rotatable bonds is 1. The molecule has 0 unspecified atom stereocenters. The molecule has 1 aromatic carbocycles.